The predicted octanol–water partition coefficient (Wildman–Crippen LogP) is 3.47. The van der Waals surface area contributed by atoms with Crippen molar-refractivity contribution < 1.29 is 9.53 Å². The molecule has 0 aliphatic rings. The number of rotatable bonds is 4. The number of methoxy groups -OCH3 is 1. The first-order valence-electron chi connectivity index (χ1n) is 6.53. The zero-order valence-electron chi connectivity index (χ0n) is 11.9. The van der Waals surface area contributed by atoms with Gasteiger partial charge in [0.1, 0.15) is 5.69 Å². The van der Waals surface area contributed by atoms with Crippen molar-refractivity contribution in [2.45, 2.75) is 19.8 Å². The smallest absolute Gasteiger partial charge is 0.274 e. The molecule has 4 heteroatoms. The third-order valence-corrected chi connectivity index (χ3v) is 3.00. The number of ether oxygens (including phenoxy) is 1. The Hall–Kier alpha value is -2.36. The summed E-state index contributed by atoms with van der Waals surface area (Å²) in [5.41, 5.74) is 2.25. The van der Waals surface area contributed by atoms with Gasteiger partial charge in [0.05, 0.1) is 7.11 Å². The molecule has 0 atom stereocenters. The molecule has 2 rings (SSSR count). The van der Waals surface area contributed by atoms with Crippen molar-refractivity contribution in [1.82, 2.24) is 4.98 Å². The first-order valence-corrected chi connectivity index (χ1v) is 6.53. The van der Waals surface area contributed by atoms with Gasteiger partial charge in [0.15, 0.2) is 0 Å². The number of hydrogen-bond donors (Lipinski definition) is 1. The first kappa shape index (κ1) is 14.1. The van der Waals surface area contributed by atoms with E-state index < -0.39 is 0 Å². The Morgan fingerprint density at radius 2 is 1.90 bits per heavy atom. The summed E-state index contributed by atoms with van der Waals surface area (Å²) in [4.78, 5) is 16.4. The highest BCUT2D eigenvalue weighted by Crippen LogP contribution is 2.24. The fraction of sp³-hybridized carbons (Fsp3) is 0.250. The number of nitrogens with zero attached hydrogens (tertiary/aromatic N) is 1. The summed E-state index contributed by atoms with van der Waals surface area (Å²) < 4.78 is 5.03. The van der Waals surface area contributed by atoms with E-state index in [1.54, 1.807) is 18.2 Å². The second kappa shape index (κ2) is 6.19. The number of carbonyl (C=O) groups excluding carboxylic acids is 1. The van der Waals surface area contributed by atoms with E-state index >= 15 is 0 Å². The number of carbonyl (C=O) groups is 1. The zero-order valence-corrected chi connectivity index (χ0v) is 11.9. The van der Waals surface area contributed by atoms with Crippen LogP contribution in [0.1, 0.15) is 35.8 Å². The normalized spacial score (nSPS) is 10.4. The van der Waals surface area contributed by atoms with Crippen LogP contribution >= 0.6 is 0 Å². The Kier molecular flexibility index (Phi) is 4.35. The molecule has 1 aromatic heterocycles. The van der Waals surface area contributed by atoms with Gasteiger partial charge < -0.3 is 10.1 Å². The maximum Gasteiger partial charge on any atom is 0.274 e. The largest absolute Gasteiger partial charge is 0.481 e. The highest BCUT2D eigenvalue weighted by atomic mass is 16.5. The van der Waals surface area contributed by atoms with E-state index in [4.69, 9.17) is 4.74 Å². The van der Waals surface area contributed by atoms with Crippen LogP contribution in [0.3, 0.4) is 0 Å². The molecule has 4 nitrogen and oxygen atoms in total. The van der Waals surface area contributed by atoms with E-state index in [9.17, 15) is 4.79 Å². The molecule has 104 valence electrons. The SMILES string of the molecule is COc1cccc(C(=O)Nc2ccccc2C(C)C)n1. The van der Waals surface area contributed by atoms with Crippen LogP contribution in [0.5, 0.6) is 5.88 Å². The van der Waals surface area contributed by atoms with Crippen LogP contribution in [0.25, 0.3) is 0 Å². The standard InChI is InChI=1S/C16H18N2O2/c1-11(2)12-7-4-5-8-13(12)18-16(19)14-9-6-10-15(17-14)20-3/h4-11H,1-3H3,(H,18,19). The summed E-state index contributed by atoms with van der Waals surface area (Å²) in [6, 6.07) is 12.9. The third kappa shape index (κ3) is 3.15. The fourth-order valence-electron chi connectivity index (χ4n) is 1.96. The van der Waals surface area contributed by atoms with Gasteiger partial charge in [0.2, 0.25) is 5.88 Å². The maximum atomic E-state index is 12.2. The van der Waals surface area contributed by atoms with Crippen molar-refractivity contribution in [2.24, 2.45) is 0 Å². The van der Waals surface area contributed by atoms with Gasteiger partial charge in [-0.3, -0.25) is 4.79 Å². The van der Waals surface area contributed by atoms with Gasteiger partial charge in [0, 0.05) is 11.8 Å². The molecule has 1 heterocycles. The molecule has 1 amide bonds. The van der Waals surface area contributed by atoms with Crippen LogP contribution in [0.2, 0.25) is 0 Å². The maximum absolute atomic E-state index is 12.2. The molecule has 0 bridgehead atoms. The van der Waals surface area contributed by atoms with E-state index in [2.05, 4.69) is 24.1 Å². The van der Waals surface area contributed by atoms with Crippen molar-refractivity contribution in [2.75, 3.05) is 12.4 Å². The number of anilines is 1. The van der Waals surface area contributed by atoms with E-state index in [-0.39, 0.29) is 5.91 Å². The van der Waals surface area contributed by atoms with Crippen LogP contribution in [-0.2, 0) is 0 Å². The lowest BCUT2D eigenvalue weighted by atomic mass is 10.0. The molecule has 0 unspecified atom stereocenters. The van der Waals surface area contributed by atoms with E-state index in [1.807, 2.05) is 24.3 Å². The molecule has 0 saturated heterocycles. The van der Waals surface area contributed by atoms with E-state index in [1.165, 1.54) is 7.11 Å². The number of nitrogens with one attached hydrogen (secondary N) is 1. The lowest BCUT2D eigenvalue weighted by Crippen LogP contribution is -2.15. The first-order chi connectivity index (χ1) is 9.61. The average molecular weight is 270 g/mol. The number of hydrogen-bond acceptors (Lipinski definition) is 3. The monoisotopic (exact) mass is 270 g/mol. The van der Waals surface area contributed by atoms with Gasteiger partial charge in [0.25, 0.3) is 5.91 Å². The summed E-state index contributed by atoms with van der Waals surface area (Å²) in [5.74, 6) is 0.525. The fourth-order valence-corrected chi connectivity index (χ4v) is 1.96. The topological polar surface area (TPSA) is 51.2 Å². The Labute approximate surface area is 118 Å². The minimum absolute atomic E-state index is 0.239. The van der Waals surface area contributed by atoms with Crippen molar-refractivity contribution in [3.63, 3.8) is 0 Å². The molecule has 1 N–H and O–H groups in total. The molecule has 2 aromatic rings. The molecule has 0 aliphatic carbocycles. The molecule has 0 saturated carbocycles. The quantitative estimate of drug-likeness (QED) is 0.925. The second-order valence-electron chi connectivity index (χ2n) is 4.76. The Balaban J connectivity index is 2.23. The molecule has 0 aliphatic heterocycles. The van der Waals surface area contributed by atoms with Crippen molar-refractivity contribution in [3.8, 4) is 5.88 Å². The summed E-state index contributed by atoms with van der Waals surface area (Å²) in [5, 5.41) is 2.90. The van der Waals surface area contributed by atoms with Gasteiger partial charge in [-0.15, -0.1) is 0 Å². The Morgan fingerprint density at radius 3 is 2.60 bits per heavy atom. The average Bonchev–Trinajstić information content (AvgIpc) is 2.47. The van der Waals surface area contributed by atoms with E-state index in [0.717, 1.165) is 11.3 Å². The van der Waals surface area contributed by atoms with Crippen LogP contribution in [0.4, 0.5) is 5.69 Å². The molecule has 20 heavy (non-hydrogen) atoms. The molecule has 1 aromatic carbocycles. The molecule has 0 fully saturated rings. The number of amides is 1. The zero-order chi connectivity index (χ0) is 14.5. The lowest BCUT2D eigenvalue weighted by Gasteiger charge is -2.13. The molecule has 0 spiro atoms. The van der Waals surface area contributed by atoms with Crippen molar-refractivity contribution >= 4 is 11.6 Å². The van der Waals surface area contributed by atoms with Gasteiger partial charge in [-0.2, -0.15) is 0 Å². The molecular formula is C16H18N2O2. The lowest BCUT2D eigenvalue weighted by molar-refractivity contribution is 0.102. The molecular weight excluding hydrogens is 252 g/mol. The number of pyridine rings is 1. The number of para-hydroxylation sites is 1. The van der Waals surface area contributed by atoms with Gasteiger partial charge >= 0.3 is 0 Å². The van der Waals surface area contributed by atoms with Crippen LogP contribution < -0.4 is 10.1 Å². The third-order valence-electron chi connectivity index (χ3n) is 3.00. The Bertz CT molecular complexity index is 609. The van der Waals surface area contributed by atoms with Crippen LogP contribution in [0.15, 0.2) is 42.5 Å². The summed E-state index contributed by atoms with van der Waals surface area (Å²) in [7, 11) is 1.53. The number of benzene rings is 1. The minimum Gasteiger partial charge on any atom is -0.481 e. The van der Waals surface area contributed by atoms with Gasteiger partial charge in [-0.25, -0.2) is 4.98 Å². The Morgan fingerprint density at radius 1 is 1.15 bits per heavy atom. The van der Waals surface area contributed by atoms with E-state index in [0.29, 0.717) is 17.5 Å². The predicted molar refractivity (Wildman–Crippen MR) is 79.3 cm³/mol. The molecule has 0 radical (unpaired) electrons. The summed E-state index contributed by atoms with van der Waals surface area (Å²) in [6.45, 7) is 4.18. The van der Waals surface area contributed by atoms with Crippen LogP contribution in [0, 0.1) is 0 Å². The second-order valence-corrected chi connectivity index (χ2v) is 4.76. The van der Waals surface area contributed by atoms with Gasteiger partial charge in [-0.05, 0) is 23.6 Å². The van der Waals surface area contributed by atoms with Crippen molar-refractivity contribution in [1.29, 1.82) is 0 Å². The minimum atomic E-state index is -0.239. The van der Waals surface area contributed by atoms with Crippen LogP contribution in [-0.4, -0.2) is 18.0 Å². The highest BCUT2D eigenvalue weighted by Gasteiger charge is 2.12. The van der Waals surface area contributed by atoms with Gasteiger partial charge in [-0.1, -0.05) is 38.1 Å². The summed E-state index contributed by atoms with van der Waals surface area (Å²) in [6.07, 6.45) is 0. The number of aromatic nitrogens is 1. The van der Waals surface area contributed by atoms with Crippen molar-refractivity contribution in [3.05, 3.63) is 53.7 Å². The summed E-state index contributed by atoms with van der Waals surface area (Å²) >= 11 is 0. The highest BCUT2D eigenvalue weighted by molar-refractivity contribution is 6.03.